The Labute approximate surface area is 202 Å². The smallest absolute Gasteiger partial charge is 0.227 e. The first-order valence-corrected chi connectivity index (χ1v) is 12.2. The molecule has 0 unspecified atom stereocenters. The van der Waals surface area contributed by atoms with Gasteiger partial charge in [0.15, 0.2) is 0 Å². The number of piperidine rings is 1. The van der Waals surface area contributed by atoms with Crippen molar-refractivity contribution in [2.75, 3.05) is 25.5 Å². The van der Waals surface area contributed by atoms with Gasteiger partial charge < -0.3 is 15.1 Å². The van der Waals surface area contributed by atoms with Crippen molar-refractivity contribution in [3.8, 4) is 0 Å². The molecule has 2 aromatic carbocycles. The predicted octanol–water partition coefficient (Wildman–Crippen LogP) is 4.10. The summed E-state index contributed by atoms with van der Waals surface area (Å²) in [6, 6.07) is 20.9. The van der Waals surface area contributed by atoms with Gasteiger partial charge in [0.25, 0.3) is 0 Å². The van der Waals surface area contributed by atoms with Crippen LogP contribution >= 0.6 is 0 Å². The molecule has 1 saturated heterocycles. The quantitative estimate of drug-likeness (QED) is 0.628. The van der Waals surface area contributed by atoms with E-state index in [2.05, 4.69) is 70.5 Å². The van der Waals surface area contributed by atoms with Crippen molar-refractivity contribution in [1.82, 2.24) is 19.8 Å². The molecule has 0 spiro atoms. The molecule has 0 aliphatic carbocycles. The number of amides is 1. The van der Waals surface area contributed by atoms with Crippen LogP contribution in [0.1, 0.15) is 41.6 Å². The fourth-order valence-corrected chi connectivity index (χ4v) is 5.31. The molecule has 176 valence electrons. The maximum absolute atomic E-state index is 13.9. The molecule has 3 atom stereocenters. The first-order valence-electron chi connectivity index (χ1n) is 12.2. The Balaban J connectivity index is 1.33. The van der Waals surface area contributed by atoms with Gasteiger partial charge in [-0.1, -0.05) is 60.7 Å². The monoisotopic (exact) mass is 455 g/mol. The van der Waals surface area contributed by atoms with Gasteiger partial charge in [0.05, 0.1) is 12.2 Å². The van der Waals surface area contributed by atoms with E-state index in [1.54, 1.807) is 0 Å². The van der Waals surface area contributed by atoms with Crippen LogP contribution in [0.5, 0.6) is 0 Å². The second-order valence-electron chi connectivity index (χ2n) is 9.70. The van der Waals surface area contributed by atoms with Gasteiger partial charge in [-0.05, 0) is 50.0 Å². The van der Waals surface area contributed by atoms with E-state index < -0.39 is 0 Å². The Kier molecular flexibility index (Phi) is 6.59. The molecule has 3 heterocycles. The largest absolute Gasteiger partial charge is 0.350 e. The van der Waals surface area contributed by atoms with Crippen molar-refractivity contribution in [1.29, 1.82) is 0 Å². The average molecular weight is 456 g/mol. The van der Waals surface area contributed by atoms with E-state index >= 15 is 0 Å². The number of hydrogen-bond donors (Lipinski definition) is 1. The molecule has 1 aromatic heterocycles. The fourth-order valence-electron chi connectivity index (χ4n) is 5.31. The van der Waals surface area contributed by atoms with Gasteiger partial charge in [-0.25, -0.2) is 9.97 Å². The number of fused-ring (bicyclic) bond motifs is 1. The number of nitrogens with one attached hydrogen (secondary N) is 1. The first kappa shape index (κ1) is 22.5. The molecule has 3 aromatic rings. The molecule has 1 N–H and O–H groups in total. The van der Waals surface area contributed by atoms with E-state index in [1.807, 2.05) is 30.5 Å². The van der Waals surface area contributed by atoms with Crippen molar-refractivity contribution in [3.05, 3.63) is 89.2 Å². The normalized spacial score (nSPS) is 22.8. The minimum atomic E-state index is 0.000105. The SMILES string of the molecule is C[C@@H]1Cc2cnc(NCc3ccccc3)nc2CN1C(=O)[C@H]1CCN(C)C[C@@H]1c1ccccc1. The lowest BCUT2D eigenvalue weighted by atomic mass is 9.79. The summed E-state index contributed by atoms with van der Waals surface area (Å²) in [6.07, 6.45) is 3.61. The van der Waals surface area contributed by atoms with Crippen LogP contribution < -0.4 is 5.32 Å². The molecule has 1 amide bonds. The number of likely N-dealkylation sites (tertiary alicyclic amines) is 1. The van der Waals surface area contributed by atoms with Gasteiger partial charge in [0, 0.05) is 37.2 Å². The highest BCUT2D eigenvalue weighted by Crippen LogP contribution is 2.35. The van der Waals surface area contributed by atoms with Crippen LogP contribution in [0.3, 0.4) is 0 Å². The zero-order valence-corrected chi connectivity index (χ0v) is 20.0. The zero-order chi connectivity index (χ0) is 23.5. The summed E-state index contributed by atoms with van der Waals surface area (Å²) in [7, 11) is 2.15. The minimum Gasteiger partial charge on any atom is -0.350 e. The van der Waals surface area contributed by atoms with Crippen LogP contribution in [0, 0.1) is 5.92 Å². The third kappa shape index (κ3) is 4.82. The summed E-state index contributed by atoms with van der Waals surface area (Å²) in [5.74, 6) is 1.10. The molecule has 6 nitrogen and oxygen atoms in total. The number of aromatic nitrogens is 2. The number of carbonyl (C=O) groups is 1. The van der Waals surface area contributed by atoms with Crippen LogP contribution in [-0.4, -0.2) is 51.9 Å². The molecule has 0 saturated carbocycles. The van der Waals surface area contributed by atoms with E-state index in [4.69, 9.17) is 4.98 Å². The molecule has 2 aliphatic rings. The third-order valence-corrected chi connectivity index (χ3v) is 7.26. The van der Waals surface area contributed by atoms with E-state index in [0.717, 1.165) is 37.2 Å². The lowest BCUT2D eigenvalue weighted by Gasteiger charge is -2.42. The van der Waals surface area contributed by atoms with E-state index in [0.29, 0.717) is 19.0 Å². The molecule has 0 bridgehead atoms. The number of likely N-dealkylation sites (N-methyl/N-ethyl adjacent to an activating group) is 1. The van der Waals surface area contributed by atoms with Gasteiger partial charge >= 0.3 is 0 Å². The number of nitrogens with zero attached hydrogens (tertiary/aromatic N) is 4. The topological polar surface area (TPSA) is 61.4 Å². The minimum absolute atomic E-state index is 0.000105. The van der Waals surface area contributed by atoms with E-state index in [9.17, 15) is 4.79 Å². The zero-order valence-electron chi connectivity index (χ0n) is 20.0. The summed E-state index contributed by atoms with van der Waals surface area (Å²) >= 11 is 0. The lowest BCUT2D eigenvalue weighted by molar-refractivity contribution is -0.141. The summed E-state index contributed by atoms with van der Waals surface area (Å²) in [6.45, 7) is 5.23. The summed E-state index contributed by atoms with van der Waals surface area (Å²) < 4.78 is 0. The second kappa shape index (κ2) is 9.94. The summed E-state index contributed by atoms with van der Waals surface area (Å²) in [4.78, 5) is 27.6. The molecule has 5 rings (SSSR count). The Hall–Kier alpha value is -3.25. The van der Waals surface area contributed by atoms with Gasteiger partial charge in [-0.2, -0.15) is 0 Å². The highest BCUT2D eigenvalue weighted by atomic mass is 16.2. The van der Waals surface area contributed by atoms with Gasteiger partial charge in [-0.3, -0.25) is 4.79 Å². The standard InChI is InChI=1S/C28H33N5O/c1-20-15-23-17-30-28(29-16-21-9-5-3-6-10-21)31-26(23)19-33(20)27(34)24-13-14-32(2)18-25(24)22-11-7-4-8-12-22/h3-12,17,20,24-25H,13-16,18-19H2,1-2H3,(H,29,30,31)/t20-,24+,25-/m1/s1. The van der Waals surface area contributed by atoms with Crippen LogP contribution in [-0.2, 0) is 24.3 Å². The average Bonchev–Trinajstić information content (AvgIpc) is 2.88. The lowest BCUT2D eigenvalue weighted by Crippen LogP contribution is -2.50. The van der Waals surface area contributed by atoms with Crippen LogP contribution in [0.2, 0.25) is 0 Å². The molecular weight excluding hydrogens is 422 g/mol. The second-order valence-corrected chi connectivity index (χ2v) is 9.70. The Morgan fingerprint density at radius 2 is 1.82 bits per heavy atom. The van der Waals surface area contributed by atoms with Crippen LogP contribution in [0.4, 0.5) is 5.95 Å². The van der Waals surface area contributed by atoms with Crippen molar-refractivity contribution in [3.63, 3.8) is 0 Å². The van der Waals surface area contributed by atoms with Crippen molar-refractivity contribution < 1.29 is 4.79 Å². The highest BCUT2D eigenvalue weighted by molar-refractivity contribution is 5.80. The van der Waals surface area contributed by atoms with E-state index in [1.165, 1.54) is 11.1 Å². The van der Waals surface area contributed by atoms with Crippen LogP contribution in [0.15, 0.2) is 66.9 Å². The van der Waals surface area contributed by atoms with Crippen molar-refractivity contribution >= 4 is 11.9 Å². The van der Waals surface area contributed by atoms with Crippen molar-refractivity contribution in [2.24, 2.45) is 5.92 Å². The number of hydrogen-bond acceptors (Lipinski definition) is 5. The fraction of sp³-hybridized carbons (Fsp3) is 0.393. The molecule has 2 aliphatic heterocycles. The number of carbonyl (C=O) groups excluding carboxylic acids is 1. The number of benzene rings is 2. The molecule has 1 fully saturated rings. The highest BCUT2D eigenvalue weighted by Gasteiger charge is 2.39. The van der Waals surface area contributed by atoms with E-state index in [-0.39, 0.29) is 23.8 Å². The Bertz CT molecular complexity index is 1120. The number of anilines is 1. The molecule has 6 heteroatoms. The Morgan fingerprint density at radius 1 is 1.09 bits per heavy atom. The summed E-state index contributed by atoms with van der Waals surface area (Å²) in [5, 5.41) is 3.33. The van der Waals surface area contributed by atoms with Gasteiger partial charge in [0.2, 0.25) is 11.9 Å². The molecular formula is C28H33N5O. The van der Waals surface area contributed by atoms with Gasteiger partial charge in [0.1, 0.15) is 0 Å². The summed E-state index contributed by atoms with van der Waals surface area (Å²) in [5.41, 5.74) is 4.54. The molecule has 34 heavy (non-hydrogen) atoms. The maximum Gasteiger partial charge on any atom is 0.227 e. The van der Waals surface area contributed by atoms with Gasteiger partial charge in [-0.15, -0.1) is 0 Å². The number of rotatable bonds is 5. The Morgan fingerprint density at radius 3 is 2.59 bits per heavy atom. The molecule has 0 radical (unpaired) electrons. The third-order valence-electron chi connectivity index (χ3n) is 7.26. The van der Waals surface area contributed by atoms with Crippen LogP contribution in [0.25, 0.3) is 0 Å². The predicted molar refractivity (Wildman–Crippen MR) is 134 cm³/mol. The first-order chi connectivity index (χ1) is 16.6. The maximum atomic E-state index is 13.9. The van der Waals surface area contributed by atoms with Crippen molar-refractivity contribution in [2.45, 2.75) is 44.8 Å².